The highest BCUT2D eigenvalue weighted by molar-refractivity contribution is 7.11. The minimum atomic E-state index is 0.705. The summed E-state index contributed by atoms with van der Waals surface area (Å²) >= 11 is 1.72. The second-order valence-corrected chi connectivity index (χ2v) is 6.39. The van der Waals surface area contributed by atoms with Crippen molar-refractivity contribution in [3.63, 3.8) is 0 Å². The first-order valence-corrected chi connectivity index (χ1v) is 7.90. The number of thiazole rings is 1. The molecular formula is C16H18N4OS. The molecule has 1 aromatic carbocycles. The molecule has 0 atom stereocenters. The third kappa shape index (κ3) is 3.17. The number of aryl methyl sites for hydroxylation is 2. The van der Waals surface area contributed by atoms with Crippen molar-refractivity contribution in [3.8, 4) is 5.75 Å². The highest BCUT2D eigenvalue weighted by atomic mass is 32.1. The normalized spacial score (nSPS) is 10.9. The van der Waals surface area contributed by atoms with Gasteiger partial charge in [-0.3, -0.25) is 0 Å². The van der Waals surface area contributed by atoms with Crippen molar-refractivity contribution in [1.29, 1.82) is 0 Å². The molecule has 22 heavy (non-hydrogen) atoms. The van der Waals surface area contributed by atoms with Gasteiger partial charge >= 0.3 is 0 Å². The second-order valence-electron chi connectivity index (χ2n) is 5.10. The summed E-state index contributed by atoms with van der Waals surface area (Å²) in [4.78, 5) is 10.1. The van der Waals surface area contributed by atoms with E-state index < -0.39 is 0 Å². The van der Waals surface area contributed by atoms with Crippen LogP contribution >= 0.6 is 11.3 Å². The topological polar surface area (TPSA) is 52.8 Å². The Labute approximate surface area is 133 Å². The van der Waals surface area contributed by atoms with Crippen LogP contribution < -0.4 is 4.74 Å². The van der Waals surface area contributed by atoms with Gasteiger partial charge in [0.1, 0.15) is 17.9 Å². The van der Waals surface area contributed by atoms with E-state index in [1.165, 1.54) is 10.4 Å². The number of nitrogens with zero attached hydrogens (tertiary/aromatic N) is 4. The first-order chi connectivity index (χ1) is 10.7. The summed E-state index contributed by atoms with van der Waals surface area (Å²) < 4.78 is 7.12. The average Bonchev–Trinajstić information content (AvgIpc) is 3.07. The van der Waals surface area contributed by atoms with Gasteiger partial charge in [0.15, 0.2) is 0 Å². The molecule has 0 spiro atoms. The van der Waals surface area contributed by atoms with E-state index in [4.69, 9.17) is 4.74 Å². The fraction of sp³-hybridized carbons (Fsp3) is 0.312. The highest BCUT2D eigenvalue weighted by Gasteiger charge is 2.11. The second kappa shape index (κ2) is 6.27. The molecule has 3 aromatic rings. The van der Waals surface area contributed by atoms with Gasteiger partial charge in [0.2, 0.25) is 0 Å². The molecule has 0 radical (unpaired) electrons. The standard InChI is InChI=1S/C16H18N4OS/c1-11-15(22-12(2)19-11)8-16-17-10-18-20(16)9-13-4-6-14(21-3)7-5-13/h4-7,10H,8-9H2,1-3H3. The molecule has 2 aromatic heterocycles. The molecule has 114 valence electrons. The van der Waals surface area contributed by atoms with Gasteiger partial charge in [0.25, 0.3) is 0 Å². The third-order valence-corrected chi connectivity index (χ3v) is 4.58. The smallest absolute Gasteiger partial charge is 0.138 e. The molecule has 0 aliphatic rings. The van der Waals surface area contributed by atoms with Gasteiger partial charge in [-0.15, -0.1) is 11.3 Å². The zero-order chi connectivity index (χ0) is 15.5. The molecule has 0 fully saturated rings. The van der Waals surface area contributed by atoms with Gasteiger partial charge in [0, 0.05) is 11.3 Å². The van der Waals surface area contributed by atoms with Crippen LogP contribution in [-0.2, 0) is 13.0 Å². The number of rotatable bonds is 5. The number of benzene rings is 1. The van der Waals surface area contributed by atoms with E-state index in [0.29, 0.717) is 6.54 Å². The minimum Gasteiger partial charge on any atom is -0.497 e. The van der Waals surface area contributed by atoms with E-state index in [1.807, 2.05) is 42.8 Å². The van der Waals surface area contributed by atoms with Crippen molar-refractivity contribution in [1.82, 2.24) is 19.7 Å². The monoisotopic (exact) mass is 314 g/mol. The fourth-order valence-corrected chi connectivity index (χ4v) is 3.28. The maximum absolute atomic E-state index is 5.18. The Hall–Kier alpha value is -2.21. The first-order valence-electron chi connectivity index (χ1n) is 7.08. The molecule has 0 saturated heterocycles. The number of hydrogen-bond acceptors (Lipinski definition) is 5. The van der Waals surface area contributed by atoms with Crippen LogP contribution in [0.15, 0.2) is 30.6 Å². The molecule has 0 aliphatic heterocycles. The number of hydrogen-bond donors (Lipinski definition) is 0. The van der Waals surface area contributed by atoms with Crippen LogP contribution in [0.5, 0.6) is 5.75 Å². The predicted octanol–water partition coefficient (Wildman–Crippen LogP) is 3.00. The van der Waals surface area contributed by atoms with E-state index in [2.05, 4.69) is 15.1 Å². The number of aromatic nitrogens is 4. The lowest BCUT2D eigenvalue weighted by Crippen LogP contribution is -2.07. The Bertz CT molecular complexity index is 761. The Balaban J connectivity index is 1.78. The predicted molar refractivity (Wildman–Crippen MR) is 86.5 cm³/mol. The van der Waals surface area contributed by atoms with Gasteiger partial charge in [-0.25, -0.2) is 14.6 Å². The molecule has 5 nitrogen and oxygen atoms in total. The first kappa shape index (κ1) is 14.7. The van der Waals surface area contributed by atoms with E-state index in [1.54, 1.807) is 24.8 Å². The van der Waals surface area contributed by atoms with Gasteiger partial charge in [0.05, 0.1) is 24.4 Å². The molecule has 6 heteroatoms. The Morgan fingerprint density at radius 3 is 2.59 bits per heavy atom. The zero-order valence-corrected chi connectivity index (χ0v) is 13.7. The molecule has 0 bridgehead atoms. The van der Waals surface area contributed by atoms with Crippen LogP contribution in [0.1, 0.15) is 27.0 Å². The molecular weight excluding hydrogens is 296 g/mol. The Morgan fingerprint density at radius 1 is 1.18 bits per heavy atom. The molecule has 0 N–H and O–H groups in total. The van der Waals surface area contributed by atoms with E-state index in [9.17, 15) is 0 Å². The van der Waals surface area contributed by atoms with Gasteiger partial charge in [-0.2, -0.15) is 5.10 Å². The summed E-state index contributed by atoms with van der Waals surface area (Å²) in [5, 5.41) is 5.44. The summed E-state index contributed by atoms with van der Waals surface area (Å²) in [7, 11) is 1.67. The van der Waals surface area contributed by atoms with Crippen LogP contribution in [0.4, 0.5) is 0 Å². The lowest BCUT2D eigenvalue weighted by molar-refractivity contribution is 0.414. The fourth-order valence-electron chi connectivity index (χ4n) is 2.34. The van der Waals surface area contributed by atoms with Crippen molar-refractivity contribution in [3.05, 3.63) is 57.6 Å². The summed E-state index contributed by atoms with van der Waals surface area (Å²) in [5.41, 5.74) is 2.26. The molecule has 3 rings (SSSR count). The van der Waals surface area contributed by atoms with Crippen LogP contribution in [0.25, 0.3) is 0 Å². The number of methoxy groups -OCH3 is 1. The number of ether oxygens (including phenoxy) is 1. The SMILES string of the molecule is COc1ccc(Cn2ncnc2Cc2sc(C)nc2C)cc1. The Morgan fingerprint density at radius 2 is 1.95 bits per heavy atom. The maximum atomic E-state index is 5.18. The maximum Gasteiger partial charge on any atom is 0.138 e. The largest absolute Gasteiger partial charge is 0.497 e. The van der Waals surface area contributed by atoms with Gasteiger partial charge in [-0.1, -0.05) is 12.1 Å². The van der Waals surface area contributed by atoms with Crippen LogP contribution in [-0.4, -0.2) is 26.9 Å². The van der Waals surface area contributed by atoms with E-state index >= 15 is 0 Å². The summed E-state index contributed by atoms with van der Waals surface area (Å²) in [6, 6.07) is 8.02. The van der Waals surface area contributed by atoms with Crippen LogP contribution in [0.3, 0.4) is 0 Å². The van der Waals surface area contributed by atoms with Crippen molar-refractivity contribution in [2.24, 2.45) is 0 Å². The van der Waals surface area contributed by atoms with E-state index in [-0.39, 0.29) is 0 Å². The highest BCUT2D eigenvalue weighted by Crippen LogP contribution is 2.20. The van der Waals surface area contributed by atoms with Crippen molar-refractivity contribution >= 4 is 11.3 Å². The van der Waals surface area contributed by atoms with Gasteiger partial charge in [-0.05, 0) is 31.5 Å². The zero-order valence-electron chi connectivity index (χ0n) is 12.9. The van der Waals surface area contributed by atoms with Crippen molar-refractivity contribution in [2.45, 2.75) is 26.8 Å². The molecule has 2 heterocycles. The van der Waals surface area contributed by atoms with E-state index in [0.717, 1.165) is 28.7 Å². The molecule has 0 aliphatic carbocycles. The summed E-state index contributed by atoms with van der Waals surface area (Å²) in [5.74, 6) is 1.82. The quantitative estimate of drug-likeness (QED) is 0.726. The summed E-state index contributed by atoms with van der Waals surface area (Å²) in [6.45, 7) is 4.78. The van der Waals surface area contributed by atoms with Crippen LogP contribution in [0, 0.1) is 13.8 Å². The lowest BCUT2D eigenvalue weighted by Gasteiger charge is -2.07. The summed E-state index contributed by atoms with van der Waals surface area (Å²) in [6.07, 6.45) is 2.38. The van der Waals surface area contributed by atoms with Crippen molar-refractivity contribution < 1.29 is 4.74 Å². The molecule has 0 unspecified atom stereocenters. The molecule has 0 saturated carbocycles. The Kier molecular flexibility index (Phi) is 4.20. The average molecular weight is 314 g/mol. The third-order valence-electron chi connectivity index (χ3n) is 3.51. The van der Waals surface area contributed by atoms with Crippen LogP contribution in [0.2, 0.25) is 0 Å². The molecule has 0 amide bonds. The van der Waals surface area contributed by atoms with Gasteiger partial charge < -0.3 is 4.74 Å². The van der Waals surface area contributed by atoms with Crippen molar-refractivity contribution in [2.75, 3.05) is 7.11 Å². The minimum absolute atomic E-state index is 0.705. The lowest BCUT2D eigenvalue weighted by atomic mass is 10.2.